The Balaban J connectivity index is 1.74. The van der Waals surface area contributed by atoms with Crippen molar-refractivity contribution in [3.05, 3.63) is 89.7 Å². The van der Waals surface area contributed by atoms with Gasteiger partial charge in [0.2, 0.25) is 0 Å². The van der Waals surface area contributed by atoms with Crippen molar-refractivity contribution in [1.29, 1.82) is 0 Å². The lowest BCUT2D eigenvalue weighted by atomic mass is 10.0. The Bertz CT molecular complexity index is 1180. The van der Waals surface area contributed by atoms with Crippen molar-refractivity contribution in [3.8, 4) is 0 Å². The maximum absolute atomic E-state index is 12.7. The van der Waals surface area contributed by atoms with Crippen LogP contribution < -0.4 is 4.80 Å². The SMILES string of the molecule is C=CCn1c(=NC(=O)Cc2cccc3ccccc23)sc2ccccc21. The number of hydrogen-bond donors (Lipinski definition) is 0. The highest BCUT2D eigenvalue weighted by Gasteiger charge is 2.09. The van der Waals surface area contributed by atoms with Crippen LogP contribution in [0.4, 0.5) is 0 Å². The first-order valence-corrected chi connectivity index (χ1v) is 9.31. The standard InChI is InChI=1S/C22H18N2OS/c1-2-14-24-19-12-5-6-13-20(19)26-22(24)23-21(25)15-17-10-7-9-16-8-3-4-11-18(16)17/h2-13H,1,14-15H2. The quantitative estimate of drug-likeness (QED) is 0.486. The van der Waals surface area contributed by atoms with E-state index in [-0.39, 0.29) is 5.91 Å². The summed E-state index contributed by atoms with van der Waals surface area (Å²) >= 11 is 1.53. The lowest BCUT2D eigenvalue weighted by Crippen LogP contribution is -2.17. The highest BCUT2D eigenvalue weighted by molar-refractivity contribution is 7.16. The molecular formula is C22H18N2OS. The number of hydrogen-bond acceptors (Lipinski definition) is 2. The van der Waals surface area contributed by atoms with Crippen molar-refractivity contribution in [2.45, 2.75) is 13.0 Å². The predicted octanol–water partition coefficient (Wildman–Crippen LogP) is 4.71. The van der Waals surface area contributed by atoms with E-state index in [2.05, 4.69) is 29.8 Å². The molecule has 4 aromatic rings. The molecule has 0 saturated carbocycles. The van der Waals surface area contributed by atoms with Crippen LogP contribution in [-0.2, 0) is 17.8 Å². The zero-order valence-corrected chi connectivity index (χ0v) is 15.1. The van der Waals surface area contributed by atoms with Gasteiger partial charge in [0.05, 0.1) is 16.6 Å². The van der Waals surface area contributed by atoms with Gasteiger partial charge in [0, 0.05) is 6.54 Å². The van der Waals surface area contributed by atoms with Crippen LogP contribution in [0.5, 0.6) is 0 Å². The number of benzene rings is 3. The van der Waals surface area contributed by atoms with Gasteiger partial charge in [0.1, 0.15) is 0 Å². The molecule has 0 radical (unpaired) electrons. The van der Waals surface area contributed by atoms with Gasteiger partial charge in [0.25, 0.3) is 5.91 Å². The third kappa shape index (κ3) is 3.11. The third-order valence-electron chi connectivity index (χ3n) is 4.34. The summed E-state index contributed by atoms with van der Waals surface area (Å²) in [6, 6.07) is 22.3. The van der Waals surface area contributed by atoms with Gasteiger partial charge in [-0.05, 0) is 28.5 Å². The van der Waals surface area contributed by atoms with Crippen LogP contribution in [-0.4, -0.2) is 10.5 Å². The Morgan fingerprint density at radius 1 is 1.04 bits per heavy atom. The van der Waals surface area contributed by atoms with Crippen LogP contribution >= 0.6 is 11.3 Å². The summed E-state index contributed by atoms with van der Waals surface area (Å²) in [6.45, 7) is 4.45. The molecule has 0 saturated heterocycles. The van der Waals surface area contributed by atoms with E-state index in [9.17, 15) is 4.79 Å². The van der Waals surface area contributed by atoms with Gasteiger partial charge in [-0.15, -0.1) is 6.58 Å². The number of nitrogens with zero attached hydrogens (tertiary/aromatic N) is 2. The van der Waals surface area contributed by atoms with E-state index < -0.39 is 0 Å². The van der Waals surface area contributed by atoms with Crippen LogP contribution in [0.1, 0.15) is 5.56 Å². The Hall–Kier alpha value is -2.98. The molecule has 0 atom stereocenters. The molecule has 0 spiro atoms. The molecule has 1 amide bonds. The average Bonchev–Trinajstić information content (AvgIpc) is 3.00. The molecule has 26 heavy (non-hydrogen) atoms. The van der Waals surface area contributed by atoms with Gasteiger partial charge in [-0.25, -0.2) is 0 Å². The Morgan fingerprint density at radius 2 is 1.81 bits per heavy atom. The zero-order chi connectivity index (χ0) is 17.9. The molecule has 0 fully saturated rings. The van der Waals surface area contributed by atoms with Gasteiger partial charge >= 0.3 is 0 Å². The molecular weight excluding hydrogens is 340 g/mol. The van der Waals surface area contributed by atoms with Crippen molar-refractivity contribution in [2.24, 2.45) is 4.99 Å². The Labute approximate surface area is 155 Å². The van der Waals surface area contributed by atoms with E-state index in [1.807, 2.05) is 59.2 Å². The van der Waals surface area contributed by atoms with E-state index in [4.69, 9.17) is 0 Å². The maximum atomic E-state index is 12.7. The molecule has 0 aliphatic carbocycles. The molecule has 1 heterocycles. The minimum Gasteiger partial charge on any atom is -0.313 e. The number of carbonyl (C=O) groups excluding carboxylic acids is 1. The number of allylic oxidation sites excluding steroid dienone is 1. The summed E-state index contributed by atoms with van der Waals surface area (Å²) in [5.74, 6) is -0.134. The molecule has 0 bridgehead atoms. The largest absolute Gasteiger partial charge is 0.313 e. The average molecular weight is 358 g/mol. The smallest absolute Gasteiger partial charge is 0.252 e. The van der Waals surface area contributed by atoms with Crippen LogP contribution in [0.3, 0.4) is 0 Å². The van der Waals surface area contributed by atoms with E-state index >= 15 is 0 Å². The lowest BCUT2D eigenvalue weighted by molar-refractivity contribution is -0.117. The fourth-order valence-electron chi connectivity index (χ4n) is 3.17. The first-order chi connectivity index (χ1) is 12.8. The number of rotatable bonds is 4. The molecule has 4 heteroatoms. The molecule has 128 valence electrons. The van der Waals surface area contributed by atoms with Gasteiger partial charge in [0.15, 0.2) is 4.80 Å². The lowest BCUT2D eigenvalue weighted by Gasteiger charge is -2.04. The highest BCUT2D eigenvalue weighted by Crippen LogP contribution is 2.20. The summed E-state index contributed by atoms with van der Waals surface area (Å²) in [4.78, 5) is 17.8. The molecule has 0 aliphatic rings. The topological polar surface area (TPSA) is 34.4 Å². The first kappa shape index (κ1) is 16.5. The third-order valence-corrected chi connectivity index (χ3v) is 5.40. The van der Waals surface area contributed by atoms with Crippen molar-refractivity contribution < 1.29 is 4.79 Å². The second-order valence-corrected chi connectivity index (χ2v) is 7.08. The minimum atomic E-state index is -0.134. The normalized spacial score (nSPS) is 11.9. The number of para-hydroxylation sites is 1. The zero-order valence-electron chi connectivity index (χ0n) is 14.3. The van der Waals surface area contributed by atoms with Crippen LogP contribution in [0.2, 0.25) is 0 Å². The van der Waals surface area contributed by atoms with E-state index in [0.29, 0.717) is 13.0 Å². The number of amides is 1. The molecule has 4 rings (SSSR count). The van der Waals surface area contributed by atoms with Crippen molar-refractivity contribution in [2.75, 3.05) is 0 Å². The highest BCUT2D eigenvalue weighted by atomic mass is 32.1. The Kier molecular flexibility index (Phi) is 4.50. The summed E-state index contributed by atoms with van der Waals surface area (Å²) < 4.78 is 3.15. The molecule has 0 unspecified atom stereocenters. The first-order valence-electron chi connectivity index (χ1n) is 8.50. The van der Waals surface area contributed by atoms with Gasteiger partial charge < -0.3 is 4.57 Å². The van der Waals surface area contributed by atoms with Gasteiger partial charge in [-0.2, -0.15) is 4.99 Å². The summed E-state index contributed by atoms with van der Waals surface area (Å²) in [6.07, 6.45) is 2.12. The van der Waals surface area contributed by atoms with Crippen molar-refractivity contribution in [3.63, 3.8) is 0 Å². The summed E-state index contributed by atoms with van der Waals surface area (Å²) in [5, 5.41) is 2.25. The number of thiazole rings is 1. The molecule has 3 nitrogen and oxygen atoms in total. The Morgan fingerprint density at radius 3 is 2.69 bits per heavy atom. The van der Waals surface area contributed by atoms with Crippen molar-refractivity contribution >= 4 is 38.2 Å². The maximum Gasteiger partial charge on any atom is 0.252 e. The minimum absolute atomic E-state index is 0.134. The van der Waals surface area contributed by atoms with E-state index in [0.717, 1.165) is 31.4 Å². The van der Waals surface area contributed by atoms with E-state index in [1.165, 1.54) is 11.3 Å². The second kappa shape index (κ2) is 7.10. The second-order valence-electron chi connectivity index (χ2n) is 6.07. The molecule has 3 aromatic carbocycles. The fraction of sp³-hybridized carbons (Fsp3) is 0.0909. The van der Waals surface area contributed by atoms with Gasteiger partial charge in [-0.3, -0.25) is 4.79 Å². The summed E-state index contributed by atoms with van der Waals surface area (Å²) in [7, 11) is 0. The number of carbonyl (C=O) groups is 1. The monoisotopic (exact) mass is 358 g/mol. The van der Waals surface area contributed by atoms with Crippen LogP contribution in [0.25, 0.3) is 21.0 Å². The predicted molar refractivity (Wildman–Crippen MR) is 108 cm³/mol. The van der Waals surface area contributed by atoms with Crippen LogP contribution in [0.15, 0.2) is 84.4 Å². The van der Waals surface area contributed by atoms with Gasteiger partial charge in [-0.1, -0.05) is 72.0 Å². The number of fused-ring (bicyclic) bond motifs is 2. The van der Waals surface area contributed by atoms with E-state index in [1.54, 1.807) is 0 Å². The molecule has 0 N–H and O–H groups in total. The molecule has 0 aliphatic heterocycles. The fourth-order valence-corrected chi connectivity index (χ4v) is 4.22. The summed E-state index contributed by atoms with van der Waals surface area (Å²) in [5.41, 5.74) is 2.09. The number of aromatic nitrogens is 1. The van der Waals surface area contributed by atoms with Crippen LogP contribution in [0, 0.1) is 0 Å². The molecule has 1 aromatic heterocycles. The van der Waals surface area contributed by atoms with Crippen molar-refractivity contribution in [1.82, 2.24) is 4.57 Å².